The van der Waals surface area contributed by atoms with Gasteiger partial charge in [0.15, 0.2) is 0 Å². The molecule has 2 N–H and O–H groups in total. The van der Waals surface area contributed by atoms with E-state index in [1.54, 1.807) is 32.4 Å². The number of aliphatic hydroxyl groups excluding tert-OH is 1. The van der Waals surface area contributed by atoms with Gasteiger partial charge in [-0.2, -0.15) is 0 Å². The molecule has 3 nitrogen and oxygen atoms in total. The van der Waals surface area contributed by atoms with Gasteiger partial charge in [0.1, 0.15) is 12.0 Å². The van der Waals surface area contributed by atoms with E-state index in [9.17, 15) is 5.11 Å². The number of hydrogen-bond donors (Lipinski definition) is 2. The topological polar surface area (TPSA) is 41.5 Å². The molecule has 0 spiro atoms. The summed E-state index contributed by atoms with van der Waals surface area (Å²) < 4.78 is 5.06. The average molecular weight is 202 g/mol. The molecule has 0 saturated carbocycles. The van der Waals surface area contributed by atoms with Crippen molar-refractivity contribution in [1.82, 2.24) is 5.32 Å². The zero-order chi connectivity index (χ0) is 9.84. The van der Waals surface area contributed by atoms with E-state index in [1.807, 2.05) is 0 Å². The van der Waals surface area contributed by atoms with Gasteiger partial charge in [-0.3, -0.25) is 5.32 Å². The summed E-state index contributed by atoms with van der Waals surface area (Å²) in [4.78, 5) is 0. The van der Waals surface area contributed by atoms with Crippen LogP contribution in [0.15, 0.2) is 18.2 Å². The summed E-state index contributed by atoms with van der Waals surface area (Å²) in [7, 11) is 3.21. The Morgan fingerprint density at radius 2 is 2.23 bits per heavy atom. The van der Waals surface area contributed by atoms with Crippen LogP contribution in [0.2, 0.25) is 5.02 Å². The molecule has 0 amide bonds. The first kappa shape index (κ1) is 10.3. The smallest absolute Gasteiger partial charge is 0.134 e. The molecule has 13 heavy (non-hydrogen) atoms. The van der Waals surface area contributed by atoms with Crippen molar-refractivity contribution in [3.05, 3.63) is 28.8 Å². The molecule has 0 bridgehead atoms. The predicted molar refractivity (Wildman–Crippen MR) is 52.0 cm³/mol. The van der Waals surface area contributed by atoms with Crippen LogP contribution in [-0.4, -0.2) is 19.3 Å². The zero-order valence-corrected chi connectivity index (χ0v) is 8.30. The van der Waals surface area contributed by atoms with E-state index in [0.717, 1.165) is 0 Å². The number of ether oxygens (including phenoxy) is 1. The summed E-state index contributed by atoms with van der Waals surface area (Å²) in [6, 6.07) is 5.10. The van der Waals surface area contributed by atoms with Crippen LogP contribution in [0, 0.1) is 0 Å². The van der Waals surface area contributed by atoms with Crippen molar-refractivity contribution in [2.45, 2.75) is 6.23 Å². The van der Waals surface area contributed by atoms with Crippen LogP contribution in [0.4, 0.5) is 0 Å². The van der Waals surface area contributed by atoms with Crippen molar-refractivity contribution >= 4 is 11.6 Å². The Kier molecular flexibility index (Phi) is 3.54. The van der Waals surface area contributed by atoms with Gasteiger partial charge in [0.25, 0.3) is 0 Å². The van der Waals surface area contributed by atoms with Gasteiger partial charge in [-0.1, -0.05) is 11.6 Å². The fourth-order valence-corrected chi connectivity index (χ4v) is 1.25. The molecular weight excluding hydrogens is 190 g/mol. The van der Waals surface area contributed by atoms with Crippen LogP contribution in [0.25, 0.3) is 0 Å². The maximum absolute atomic E-state index is 9.52. The highest BCUT2D eigenvalue weighted by Crippen LogP contribution is 2.26. The Morgan fingerprint density at radius 3 is 2.77 bits per heavy atom. The maximum Gasteiger partial charge on any atom is 0.134 e. The molecule has 4 heteroatoms. The van der Waals surface area contributed by atoms with Crippen molar-refractivity contribution in [3.8, 4) is 5.75 Å². The second-order valence-electron chi connectivity index (χ2n) is 2.58. The minimum absolute atomic E-state index is 0.574. The molecule has 0 aromatic heterocycles. The Labute approximate surface area is 82.3 Å². The van der Waals surface area contributed by atoms with E-state index >= 15 is 0 Å². The van der Waals surface area contributed by atoms with E-state index < -0.39 is 6.23 Å². The lowest BCUT2D eigenvalue weighted by atomic mass is 10.2. The third-order valence-electron chi connectivity index (χ3n) is 1.76. The van der Waals surface area contributed by atoms with Gasteiger partial charge in [-0.15, -0.1) is 0 Å². The van der Waals surface area contributed by atoms with Crippen molar-refractivity contribution in [2.75, 3.05) is 14.2 Å². The first-order chi connectivity index (χ1) is 6.19. The number of rotatable bonds is 3. The SMILES string of the molecule is CNC(O)c1cc(Cl)ccc1OC. The molecule has 0 heterocycles. The number of hydrogen-bond acceptors (Lipinski definition) is 3. The first-order valence-electron chi connectivity index (χ1n) is 3.87. The van der Waals surface area contributed by atoms with Gasteiger partial charge >= 0.3 is 0 Å². The van der Waals surface area contributed by atoms with E-state index in [0.29, 0.717) is 16.3 Å². The first-order valence-corrected chi connectivity index (χ1v) is 4.25. The summed E-state index contributed by atoms with van der Waals surface area (Å²) in [6.45, 7) is 0. The molecule has 0 aliphatic rings. The van der Waals surface area contributed by atoms with Crippen LogP contribution in [0.1, 0.15) is 11.8 Å². The highest BCUT2D eigenvalue weighted by atomic mass is 35.5. The molecule has 1 unspecified atom stereocenters. The fourth-order valence-electron chi connectivity index (χ4n) is 1.07. The van der Waals surface area contributed by atoms with Crippen molar-refractivity contribution in [1.29, 1.82) is 0 Å². The van der Waals surface area contributed by atoms with Gasteiger partial charge in [-0.25, -0.2) is 0 Å². The fraction of sp³-hybridized carbons (Fsp3) is 0.333. The van der Waals surface area contributed by atoms with Crippen molar-refractivity contribution in [3.63, 3.8) is 0 Å². The highest BCUT2D eigenvalue weighted by molar-refractivity contribution is 6.30. The normalized spacial score (nSPS) is 12.6. The van der Waals surface area contributed by atoms with Gasteiger partial charge in [0, 0.05) is 10.6 Å². The minimum atomic E-state index is -0.756. The van der Waals surface area contributed by atoms with Gasteiger partial charge < -0.3 is 9.84 Å². The second kappa shape index (κ2) is 4.46. The zero-order valence-electron chi connectivity index (χ0n) is 7.54. The molecule has 0 saturated heterocycles. The lowest BCUT2D eigenvalue weighted by Crippen LogP contribution is -2.16. The van der Waals surface area contributed by atoms with Gasteiger partial charge in [0.2, 0.25) is 0 Å². The lowest BCUT2D eigenvalue weighted by Gasteiger charge is -2.13. The van der Waals surface area contributed by atoms with E-state index in [4.69, 9.17) is 16.3 Å². The molecular formula is C9H12ClNO2. The lowest BCUT2D eigenvalue weighted by molar-refractivity contribution is 0.145. The molecule has 0 radical (unpaired) electrons. The summed E-state index contributed by atoms with van der Waals surface area (Å²) in [6.07, 6.45) is -0.756. The molecule has 0 aliphatic carbocycles. The molecule has 1 atom stereocenters. The Bertz CT molecular complexity index is 291. The third kappa shape index (κ3) is 2.34. The summed E-state index contributed by atoms with van der Waals surface area (Å²) >= 11 is 5.78. The van der Waals surface area contributed by atoms with Crippen LogP contribution >= 0.6 is 11.6 Å². The molecule has 0 fully saturated rings. The monoisotopic (exact) mass is 201 g/mol. The average Bonchev–Trinajstić information content (AvgIpc) is 2.16. The summed E-state index contributed by atoms with van der Waals surface area (Å²) in [5.74, 6) is 0.617. The van der Waals surface area contributed by atoms with Crippen molar-refractivity contribution < 1.29 is 9.84 Å². The highest BCUT2D eigenvalue weighted by Gasteiger charge is 2.11. The molecule has 1 aromatic carbocycles. The number of aliphatic hydroxyl groups is 1. The predicted octanol–water partition coefficient (Wildman–Crippen LogP) is 1.56. The largest absolute Gasteiger partial charge is 0.496 e. The standard InChI is InChI=1S/C9H12ClNO2/c1-11-9(12)7-5-6(10)3-4-8(7)13-2/h3-5,9,11-12H,1-2H3. The Hall–Kier alpha value is -0.770. The quantitative estimate of drug-likeness (QED) is 0.730. The second-order valence-corrected chi connectivity index (χ2v) is 3.01. The summed E-state index contributed by atoms with van der Waals surface area (Å²) in [5.41, 5.74) is 0.637. The number of benzene rings is 1. The number of methoxy groups -OCH3 is 1. The van der Waals surface area contributed by atoms with E-state index in [1.165, 1.54) is 0 Å². The third-order valence-corrected chi connectivity index (χ3v) is 1.99. The minimum Gasteiger partial charge on any atom is -0.496 e. The maximum atomic E-state index is 9.52. The molecule has 1 aromatic rings. The van der Waals surface area contributed by atoms with Gasteiger partial charge in [-0.05, 0) is 25.2 Å². The number of nitrogens with one attached hydrogen (secondary N) is 1. The van der Waals surface area contributed by atoms with E-state index in [2.05, 4.69) is 5.32 Å². The Balaban J connectivity index is 3.07. The Morgan fingerprint density at radius 1 is 1.54 bits per heavy atom. The van der Waals surface area contributed by atoms with Crippen LogP contribution in [0.5, 0.6) is 5.75 Å². The number of halogens is 1. The van der Waals surface area contributed by atoms with Crippen molar-refractivity contribution in [2.24, 2.45) is 0 Å². The molecule has 0 aliphatic heterocycles. The molecule has 72 valence electrons. The van der Waals surface area contributed by atoms with E-state index in [-0.39, 0.29) is 0 Å². The summed E-state index contributed by atoms with van der Waals surface area (Å²) in [5, 5.41) is 12.8. The van der Waals surface area contributed by atoms with Crippen LogP contribution < -0.4 is 10.1 Å². The van der Waals surface area contributed by atoms with Gasteiger partial charge in [0.05, 0.1) is 7.11 Å². The van der Waals surface area contributed by atoms with Crippen LogP contribution in [-0.2, 0) is 0 Å². The van der Waals surface area contributed by atoms with Crippen LogP contribution in [0.3, 0.4) is 0 Å². The molecule has 1 rings (SSSR count).